The number of allylic oxidation sites excluding steroid dienone is 2. The molecule has 2 N–H and O–H groups in total. The van der Waals surface area contributed by atoms with Crippen molar-refractivity contribution in [2.24, 2.45) is 0 Å². The third-order valence-electron chi connectivity index (χ3n) is 1.67. The summed E-state index contributed by atoms with van der Waals surface area (Å²) in [7, 11) is 0. The largest absolute Gasteiger partial charge is 0.384 e. The molecule has 0 heterocycles. The van der Waals surface area contributed by atoms with Gasteiger partial charge in [-0.25, -0.2) is 0 Å². The van der Waals surface area contributed by atoms with Gasteiger partial charge in [-0.2, -0.15) is 0 Å². The van der Waals surface area contributed by atoms with Crippen LogP contribution in [-0.4, -0.2) is 13.1 Å². The van der Waals surface area contributed by atoms with E-state index < -0.39 is 0 Å². The molecule has 0 saturated carbocycles. The van der Waals surface area contributed by atoms with Crippen molar-refractivity contribution in [3.8, 4) is 0 Å². The number of hydrogen-bond donors (Lipinski definition) is 2. The minimum Gasteiger partial charge on any atom is -0.384 e. The number of nitrogens with one attached hydrogen (secondary N) is 2. The van der Waals surface area contributed by atoms with Gasteiger partial charge in [0.25, 0.3) is 0 Å². The molecule has 0 aromatic carbocycles. The Hall–Kier alpha value is -0.920. The van der Waals surface area contributed by atoms with Crippen molar-refractivity contribution >= 4 is 0 Å². The summed E-state index contributed by atoms with van der Waals surface area (Å²) in [6.07, 6.45) is 5.48. The molecule has 0 spiro atoms. The SMILES string of the molecule is CCNC1=CCC=C1NCC. The first-order chi connectivity index (χ1) is 5.38. The Morgan fingerprint density at radius 1 is 1.09 bits per heavy atom. The van der Waals surface area contributed by atoms with Gasteiger partial charge in [-0.1, -0.05) is 12.2 Å². The highest BCUT2D eigenvalue weighted by molar-refractivity contribution is 5.34. The average Bonchev–Trinajstić information content (AvgIpc) is 2.39. The van der Waals surface area contributed by atoms with Crippen LogP contribution >= 0.6 is 0 Å². The number of rotatable bonds is 4. The lowest BCUT2D eigenvalue weighted by molar-refractivity contribution is 0.795. The van der Waals surface area contributed by atoms with Crippen molar-refractivity contribution in [3.63, 3.8) is 0 Å². The fourth-order valence-corrected chi connectivity index (χ4v) is 1.23. The summed E-state index contributed by atoms with van der Waals surface area (Å²) in [5.74, 6) is 0. The molecule has 0 aromatic rings. The molecule has 0 fully saturated rings. The summed E-state index contributed by atoms with van der Waals surface area (Å²) in [6, 6.07) is 0. The second kappa shape index (κ2) is 4.06. The Morgan fingerprint density at radius 3 is 1.91 bits per heavy atom. The first-order valence-corrected chi connectivity index (χ1v) is 4.27. The van der Waals surface area contributed by atoms with Crippen LogP contribution < -0.4 is 10.6 Å². The van der Waals surface area contributed by atoms with Crippen LogP contribution in [-0.2, 0) is 0 Å². The van der Waals surface area contributed by atoms with Crippen LogP contribution in [0.3, 0.4) is 0 Å². The lowest BCUT2D eigenvalue weighted by Crippen LogP contribution is -2.21. The smallest absolute Gasteiger partial charge is 0.0535 e. The molecule has 0 bridgehead atoms. The van der Waals surface area contributed by atoms with E-state index >= 15 is 0 Å². The second-order valence-electron chi connectivity index (χ2n) is 2.53. The van der Waals surface area contributed by atoms with E-state index in [-0.39, 0.29) is 0 Å². The highest BCUT2D eigenvalue weighted by Crippen LogP contribution is 2.12. The van der Waals surface area contributed by atoms with Crippen LogP contribution in [0.5, 0.6) is 0 Å². The topological polar surface area (TPSA) is 24.1 Å². The highest BCUT2D eigenvalue weighted by atomic mass is 15.0. The predicted molar refractivity (Wildman–Crippen MR) is 48.1 cm³/mol. The van der Waals surface area contributed by atoms with E-state index in [1.807, 2.05) is 0 Å². The molecule has 0 aromatic heterocycles. The molecule has 2 heteroatoms. The van der Waals surface area contributed by atoms with Gasteiger partial charge < -0.3 is 10.6 Å². The van der Waals surface area contributed by atoms with Crippen LogP contribution in [0.25, 0.3) is 0 Å². The van der Waals surface area contributed by atoms with Crippen LogP contribution in [0, 0.1) is 0 Å². The van der Waals surface area contributed by atoms with Crippen molar-refractivity contribution in [3.05, 3.63) is 23.5 Å². The molecule has 1 aliphatic rings. The van der Waals surface area contributed by atoms with E-state index in [2.05, 4.69) is 36.6 Å². The first-order valence-electron chi connectivity index (χ1n) is 4.27. The summed E-state index contributed by atoms with van der Waals surface area (Å²) >= 11 is 0. The summed E-state index contributed by atoms with van der Waals surface area (Å²) in [4.78, 5) is 0. The first kappa shape index (κ1) is 8.18. The highest BCUT2D eigenvalue weighted by Gasteiger charge is 2.06. The molecule has 62 valence electrons. The van der Waals surface area contributed by atoms with Crippen molar-refractivity contribution in [2.75, 3.05) is 13.1 Å². The van der Waals surface area contributed by atoms with Crippen LogP contribution in [0.2, 0.25) is 0 Å². The Bertz CT molecular complexity index is 160. The molecular weight excluding hydrogens is 136 g/mol. The summed E-state index contributed by atoms with van der Waals surface area (Å²) < 4.78 is 0. The van der Waals surface area contributed by atoms with Gasteiger partial charge in [0.1, 0.15) is 0 Å². The molecule has 0 atom stereocenters. The van der Waals surface area contributed by atoms with Gasteiger partial charge >= 0.3 is 0 Å². The van der Waals surface area contributed by atoms with Gasteiger partial charge in [0, 0.05) is 13.1 Å². The fourth-order valence-electron chi connectivity index (χ4n) is 1.23. The molecule has 1 aliphatic carbocycles. The second-order valence-corrected chi connectivity index (χ2v) is 2.53. The third-order valence-corrected chi connectivity index (χ3v) is 1.67. The standard InChI is InChI=1S/C9H16N2/c1-3-10-8-6-5-7-9(8)11-4-2/h6-7,10-11H,3-5H2,1-2H3. The van der Waals surface area contributed by atoms with Gasteiger partial charge in [-0.3, -0.25) is 0 Å². The Balaban J connectivity index is 2.46. The Kier molecular flexibility index (Phi) is 3.02. The van der Waals surface area contributed by atoms with Gasteiger partial charge in [-0.15, -0.1) is 0 Å². The predicted octanol–water partition coefficient (Wildman–Crippen LogP) is 1.38. The van der Waals surface area contributed by atoms with Gasteiger partial charge in [0.15, 0.2) is 0 Å². The van der Waals surface area contributed by atoms with E-state index in [1.165, 1.54) is 11.4 Å². The molecule has 0 radical (unpaired) electrons. The van der Waals surface area contributed by atoms with E-state index in [4.69, 9.17) is 0 Å². The maximum atomic E-state index is 3.31. The minimum absolute atomic E-state index is 0.995. The van der Waals surface area contributed by atoms with Crippen molar-refractivity contribution in [1.29, 1.82) is 0 Å². The van der Waals surface area contributed by atoms with Gasteiger partial charge in [-0.05, 0) is 20.3 Å². The molecule has 1 rings (SSSR count). The van der Waals surface area contributed by atoms with Crippen LogP contribution in [0.15, 0.2) is 23.5 Å². The van der Waals surface area contributed by atoms with E-state index in [1.54, 1.807) is 0 Å². The zero-order valence-corrected chi connectivity index (χ0v) is 7.28. The molecule has 0 saturated heterocycles. The van der Waals surface area contributed by atoms with Crippen molar-refractivity contribution in [1.82, 2.24) is 10.6 Å². The fraction of sp³-hybridized carbons (Fsp3) is 0.556. The monoisotopic (exact) mass is 152 g/mol. The summed E-state index contributed by atoms with van der Waals surface area (Å²) in [5.41, 5.74) is 2.52. The molecule has 2 nitrogen and oxygen atoms in total. The van der Waals surface area contributed by atoms with E-state index in [0.29, 0.717) is 0 Å². The van der Waals surface area contributed by atoms with E-state index in [9.17, 15) is 0 Å². The van der Waals surface area contributed by atoms with Crippen LogP contribution in [0.1, 0.15) is 20.3 Å². The maximum Gasteiger partial charge on any atom is 0.0535 e. The lowest BCUT2D eigenvalue weighted by atomic mass is 10.3. The molecule has 0 unspecified atom stereocenters. The molecular formula is C9H16N2. The number of likely N-dealkylation sites (N-methyl/N-ethyl adjacent to an activating group) is 2. The third kappa shape index (κ3) is 2.00. The molecule has 11 heavy (non-hydrogen) atoms. The van der Waals surface area contributed by atoms with E-state index in [0.717, 1.165) is 19.5 Å². The minimum atomic E-state index is 0.995. The molecule has 0 amide bonds. The average molecular weight is 152 g/mol. The van der Waals surface area contributed by atoms with Crippen molar-refractivity contribution < 1.29 is 0 Å². The normalized spacial score (nSPS) is 15.8. The number of hydrogen-bond acceptors (Lipinski definition) is 2. The Morgan fingerprint density at radius 2 is 1.55 bits per heavy atom. The molecule has 0 aliphatic heterocycles. The quantitative estimate of drug-likeness (QED) is 0.636. The van der Waals surface area contributed by atoms with Gasteiger partial charge in [0.2, 0.25) is 0 Å². The van der Waals surface area contributed by atoms with Crippen LogP contribution in [0.4, 0.5) is 0 Å². The Labute approximate surface area is 68.4 Å². The zero-order valence-electron chi connectivity index (χ0n) is 7.28. The van der Waals surface area contributed by atoms with Crippen molar-refractivity contribution in [2.45, 2.75) is 20.3 Å². The summed E-state index contributed by atoms with van der Waals surface area (Å²) in [5, 5.41) is 6.62. The summed E-state index contributed by atoms with van der Waals surface area (Å²) in [6.45, 7) is 6.22. The van der Waals surface area contributed by atoms with Gasteiger partial charge in [0.05, 0.1) is 11.4 Å². The maximum absolute atomic E-state index is 3.31. The zero-order chi connectivity index (χ0) is 8.10. The lowest BCUT2D eigenvalue weighted by Gasteiger charge is -2.10.